The zero-order chi connectivity index (χ0) is 14.9. The zero-order valence-electron chi connectivity index (χ0n) is 11.7. The summed E-state index contributed by atoms with van der Waals surface area (Å²) < 4.78 is 1.66. The smallest absolute Gasteiger partial charge is 0.277 e. The van der Waals surface area contributed by atoms with Gasteiger partial charge in [-0.3, -0.25) is 24.5 Å². The highest BCUT2D eigenvalue weighted by Gasteiger charge is 2.53. The molecule has 1 aromatic rings. The average Bonchev–Trinajstić information content (AvgIpc) is 3.00. The van der Waals surface area contributed by atoms with Gasteiger partial charge in [-0.2, -0.15) is 5.10 Å². The molecule has 1 spiro atoms. The Kier molecular flexibility index (Phi) is 3.48. The lowest BCUT2D eigenvalue weighted by atomic mass is 9.71. The molecule has 3 rings (SSSR count). The minimum atomic E-state index is -1.03. The Morgan fingerprint density at radius 3 is 2.57 bits per heavy atom. The van der Waals surface area contributed by atoms with E-state index in [-0.39, 0.29) is 12.5 Å². The van der Waals surface area contributed by atoms with Crippen molar-refractivity contribution < 1.29 is 14.4 Å². The third-order valence-electron chi connectivity index (χ3n) is 4.37. The molecule has 1 N–H and O–H groups in total. The van der Waals surface area contributed by atoms with E-state index in [4.69, 9.17) is 0 Å². The normalized spacial score (nSPS) is 21.7. The lowest BCUT2D eigenvalue weighted by Gasteiger charge is -2.41. The van der Waals surface area contributed by atoms with Crippen molar-refractivity contribution in [2.75, 3.05) is 6.54 Å². The first-order valence-electron chi connectivity index (χ1n) is 7.28. The maximum Gasteiger partial charge on any atom is 0.330 e. The molecule has 2 heterocycles. The summed E-state index contributed by atoms with van der Waals surface area (Å²) in [5.74, 6) is -0.768. The first kappa shape index (κ1) is 13.8. The molecule has 1 saturated heterocycles. The summed E-state index contributed by atoms with van der Waals surface area (Å²) in [5.41, 5.74) is -1.03. The number of imide groups is 2. The van der Waals surface area contributed by atoms with Gasteiger partial charge in [-0.1, -0.05) is 19.3 Å². The van der Waals surface area contributed by atoms with Gasteiger partial charge in [0.15, 0.2) is 0 Å². The average molecular weight is 290 g/mol. The van der Waals surface area contributed by atoms with Gasteiger partial charge in [0.1, 0.15) is 5.41 Å². The Hall–Kier alpha value is -2.18. The number of carbonyl (C=O) groups is 3. The van der Waals surface area contributed by atoms with Crippen molar-refractivity contribution in [3.8, 4) is 0 Å². The van der Waals surface area contributed by atoms with Gasteiger partial charge in [-0.05, 0) is 18.9 Å². The third kappa shape index (κ3) is 2.32. The van der Waals surface area contributed by atoms with E-state index in [2.05, 4.69) is 10.4 Å². The van der Waals surface area contributed by atoms with Crippen molar-refractivity contribution in [1.82, 2.24) is 20.0 Å². The van der Waals surface area contributed by atoms with Crippen molar-refractivity contribution in [1.29, 1.82) is 0 Å². The highest BCUT2D eigenvalue weighted by molar-refractivity contribution is 6.19. The monoisotopic (exact) mass is 290 g/mol. The van der Waals surface area contributed by atoms with E-state index in [9.17, 15) is 14.4 Å². The van der Waals surface area contributed by atoms with Crippen molar-refractivity contribution in [3.05, 3.63) is 18.5 Å². The predicted octanol–water partition coefficient (Wildman–Crippen LogP) is 0.912. The van der Waals surface area contributed by atoms with Crippen LogP contribution in [0.2, 0.25) is 0 Å². The standard InChI is InChI=1S/C14H18N4O3/c19-11-14(5-2-1-3-6-14)12(20)18(13(21)16-11)10-9-17-8-4-7-15-17/h4,7-8H,1-3,5-6,9-10H2,(H,16,19,21). The summed E-state index contributed by atoms with van der Waals surface area (Å²) in [5, 5.41) is 6.40. The van der Waals surface area contributed by atoms with E-state index in [1.54, 1.807) is 23.1 Å². The van der Waals surface area contributed by atoms with Crippen molar-refractivity contribution in [2.45, 2.75) is 38.6 Å². The van der Waals surface area contributed by atoms with Gasteiger partial charge in [0, 0.05) is 12.4 Å². The van der Waals surface area contributed by atoms with E-state index < -0.39 is 17.4 Å². The maximum absolute atomic E-state index is 12.7. The Morgan fingerprint density at radius 1 is 1.14 bits per heavy atom. The molecule has 1 aliphatic carbocycles. The molecule has 0 unspecified atom stereocenters. The summed E-state index contributed by atoms with van der Waals surface area (Å²) in [4.78, 5) is 38.0. The second-order valence-electron chi connectivity index (χ2n) is 5.63. The fourth-order valence-electron chi connectivity index (χ4n) is 3.17. The second-order valence-corrected chi connectivity index (χ2v) is 5.63. The number of amides is 4. The number of hydrogen-bond acceptors (Lipinski definition) is 4. The molecule has 2 aliphatic rings. The van der Waals surface area contributed by atoms with Crippen LogP contribution < -0.4 is 5.32 Å². The van der Waals surface area contributed by atoms with E-state index in [0.717, 1.165) is 24.2 Å². The van der Waals surface area contributed by atoms with Crippen LogP contribution in [0.15, 0.2) is 18.5 Å². The predicted molar refractivity (Wildman–Crippen MR) is 73.0 cm³/mol. The van der Waals surface area contributed by atoms with Crippen molar-refractivity contribution >= 4 is 17.8 Å². The third-order valence-corrected chi connectivity index (χ3v) is 4.37. The molecule has 112 valence electrons. The topological polar surface area (TPSA) is 84.3 Å². The summed E-state index contributed by atoms with van der Waals surface area (Å²) in [6.45, 7) is 0.651. The van der Waals surface area contributed by atoms with Crippen LogP contribution in [0.4, 0.5) is 4.79 Å². The molecular formula is C14H18N4O3. The summed E-state index contributed by atoms with van der Waals surface area (Å²) >= 11 is 0. The molecule has 4 amide bonds. The molecule has 0 atom stereocenters. The molecular weight excluding hydrogens is 272 g/mol. The summed E-state index contributed by atoms with van der Waals surface area (Å²) in [7, 11) is 0. The van der Waals surface area contributed by atoms with Gasteiger partial charge in [0.25, 0.3) is 0 Å². The lowest BCUT2D eigenvalue weighted by Crippen LogP contribution is -2.64. The molecule has 1 aliphatic heterocycles. The highest BCUT2D eigenvalue weighted by atomic mass is 16.2. The molecule has 0 radical (unpaired) electrons. The minimum Gasteiger partial charge on any atom is -0.277 e. The lowest BCUT2D eigenvalue weighted by molar-refractivity contribution is -0.154. The molecule has 21 heavy (non-hydrogen) atoms. The Morgan fingerprint density at radius 2 is 1.90 bits per heavy atom. The van der Waals surface area contributed by atoms with Crippen LogP contribution >= 0.6 is 0 Å². The molecule has 0 aromatic carbocycles. The fourth-order valence-corrected chi connectivity index (χ4v) is 3.17. The Balaban J connectivity index is 1.77. The highest BCUT2D eigenvalue weighted by Crippen LogP contribution is 2.40. The van der Waals surface area contributed by atoms with Crippen LogP contribution in [0.25, 0.3) is 0 Å². The summed E-state index contributed by atoms with van der Waals surface area (Å²) in [6, 6.07) is 1.16. The van der Waals surface area contributed by atoms with Gasteiger partial charge in [-0.15, -0.1) is 0 Å². The molecule has 0 bridgehead atoms. The number of nitrogens with one attached hydrogen (secondary N) is 1. The number of carbonyl (C=O) groups excluding carboxylic acids is 3. The van der Waals surface area contributed by atoms with E-state index in [0.29, 0.717) is 19.4 Å². The number of urea groups is 1. The van der Waals surface area contributed by atoms with E-state index >= 15 is 0 Å². The Bertz CT molecular complexity index is 561. The molecule has 1 saturated carbocycles. The summed E-state index contributed by atoms with van der Waals surface area (Å²) in [6.07, 6.45) is 7.20. The molecule has 2 fully saturated rings. The maximum atomic E-state index is 12.7. The first-order valence-corrected chi connectivity index (χ1v) is 7.28. The van der Waals surface area contributed by atoms with Crippen molar-refractivity contribution in [2.24, 2.45) is 5.41 Å². The fraction of sp³-hybridized carbons (Fsp3) is 0.571. The van der Waals surface area contributed by atoms with Crippen LogP contribution in [0.5, 0.6) is 0 Å². The van der Waals surface area contributed by atoms with Crippen LogP contribution in [-0.2, 0) is 16.1 Å². The van der Waals surface area contributed by atoms with Crippen LogP contribution in [0.3, 0.4) is 0 Å². The number of barbiturate groups is 1. The number of rotatable bonds is 3. The van der Waals surface area contributed by atoms with Crippen LogP contribution in [-0.4, -0.2) is 39.1 Å². The van der Waals surface area contributed by atoms with Gasteiger partial charge in [0.05, 0.1) is 13.1 Å². The van der Waals surface area contributed by atoms with E-state index in [1.165, 1.54) is 0 Å². The number of nitrogens with zero attached hydrogens (tertiary/aromatic N) is 3. The zero-order valence-corrected chi connectivity index (χ0v) is 11.7. The van der Waals surface area contributed by atoms with Crippen LogP contribution in [0, 0.1) is 5.41 Å². The van der Waals surface area contributed by atoms with Crippen molar-refractivity contribution in [3.63, 3.8) is 0 Å². The quantitative estimate of drug-likeness (QED) is 0.839. The SMILES string of the molecule is O=C1NC(=O)C2(CCCCC2)C(=O)N1CCn1cccn1. The molecule has 1 aromatic heterocycles. The first-order chi connectivity index (χ1) is 10.1. The minimum absolute atomic E-state index is 0.224. The number of aromatic nitrogens is 2. The van der Waals surface area contributed by atoms with Gasteiger partial charge in [0.2, 0.25) is 11.8 Å². The molecule has 7 nitrogen and oxygen atoms in total. The largest absolute Gasteiger partial charge is 0.330 e. The van der Waals surface area contributed by atoms with Gasteiger partial charge >= 0.3 is 6.03 Å². The van der Waals surface area contributed by atoms with Gasteiger partial charge < -0.3 is 0 Å². The van der Waals surface area contributed by atoms with E-state index in [1.807, 2.05) is 0 Å². The number of hydrogen-bond donors (Lipinski definition) is 1. The molecule has 7 heteroatoms. The second kappa shape index (κ2) is 5.31. The van der Waals surface area contributed by atoms with Crippen LogP contribution in [0.1, 0.15) is 32.1 Å². The van der Waals surface area contributed by atoms with Gasteiger partial charge in [-0.25, -0.2) is 4.79 Å². The Labute approximate surface area is 122 Å².